The van der Waals surface area contributed by atoms with E-state index in [1.807, 2.05) is 12.1 Å². The summed E-state index contributed by atoms with van der Waals surface area (Å²) in [5.41, 5.74) is -0.932. The fraction of sp³-hybridized carbons (Fsp3) is 0.516. The van der Waals surface area contributed by atoms with Gasteiger partial charge in [-0.25, -0.2) is 4.79 Å². The van der Waals surface area contributed by atoms with Crippen LogP contribution in [0.4, 0.5) is 18.0 Å². The van der Waals surface area contributed by atoms with Gasteiger partial charge >= 0.3 is 12.3 Å². The third-order valence-electron chi connectivity index (χ3n) is 7.96. The number of rotatable bonds is 5. The number of hydrogen-bond acceptors (Lipinski definition) is 5. The molecule has 0 spiro atoms. The predicted molar refractivity (Wildman–Crippen MR) is 155 cm³/mol. The molecule has 2 atom stereocenters. The van der Waals surface area contributed by atoms with Crippen LogP contribution in [-0.2, 0) is 15.7 Å². The van der Waals surface area contributed by atoms with Crippen LogP contribution in [0, 0.1) is 5.92 Å². The van der Waals surface area contributed by atoms with Gasteiger partial charge in [0.1, 0.15) is 11.4 Å². The highest BCUT2D eigenvalue weighted by molar-refractivity contribution is 6.30. The molecule has 0 aromatic heterocycles. The highest BCUT2D eigenvalue weighted by atomic mass is 35.5. The average Bonchev–Trinajstić information content (AvgIpc) is 3.40. The molecule has 8 nitrogen and oxygen atoms in total. The molecule has 0 radical (unpaired) electrons. The van der Waals surface area contributed by atoms with Crippen LogP contribution in [0.5, 0.6) is 5.75 Å². The second-order valence-corrected chi connectivity index (χ2v) is 12.5. The molecule has 2 heterocycles. The Morgan fingerprint density at radius 1 is 0.953 bits per heavy atom. The Morgan fingerprint density at radius 2 is 1.58 bits per heavy atom. The number of alkyl halides is 3. The Labute approximate surface area is 254 Å². The molecule has 0 aliphatic carbocycles. The Morgan fingerprint density at radius 3 is 2.14 bits per heavy atom. The number of halogens is 4. The van der Waals surface area contributed by atoms with E-state index in [1.165, 1.54) is 11.0 Å². The summed E-state index contributed by atoms with van der Waals surface area (Å²) < 4.78 is 51.3. The lowest BCUT2D eigenvalue weighted by molar-refractivity contribution is -0.139. The van der Waals surface area contributed by atoms with E-state index in [9.17, 15) is 27.6 Å². The SMILES string of the molecule is COc1ccc(C(=O)N(C)C2CN(C(=O)C3CCN(C(=O)OC(C)(C)C)CC3)CC2c2ccc(Cl)cc2)cc1C(F)(F)F. The van der Waals surface area contributed by atoms with Crippen LogP contribution in [0.25, 0.3) is 0 Å². The van der Waals surface area contributed by atoms with Gasteiger partial charge in [0.25, 0.3) is 5.91 Å². The van der Waals surface area contributed by atoms with E-state index >= 15 is 0 Å². The first kappa shape index (κ1) is 32.4. The molecule has 234 valence electrons. The van der Waals surface area contributed by atoms with Crippen molar-refractivity contribution >= 4 is 29.5 Å². The minimum absolute atomic E-state index is 0.0741. The second-order valence-electron chi connectivity index (χ2n) is 12.0. The first-order chi connectivity index (χ1) is 20.1. The lowest BCUT2D eigenvalue weighted by atomic mass is 9.93. The number of likely N-dealkylation sites (N-methyl/N-ethyl adjacent to an activating group) is 1. The summed E-state index contributed by atoms with van der Waals surface area (Å²) >= 11 is 6.11. The molecule has 2 saturated heterocycles. The van der Waals surface area contributed by atoms with Crippen LogP contribution in [0.15, 0.2) is 42.5 Å². The summed E-state index contributed by atoms with van der Waals surface area (Å²) in [6.45, 7) is 6.71. The lowest BCUT2D eigenvalue weighted by Gasteiger charge is -2.34. The Bertz CT molecular complexity index is 1340. The number of methoxy groups -OCH3 is 1. The standard InChI is InChI=1S/C31H37ClF3N3O5/c1-30(2,3)43-29(41)37-14-12-20(13-15-37)28(40)38-17-23(19-6-9-22(32)10-7-19)25(18-38)36(4)27(39)21-8-11-26(42-5)24(16-21)31(33,34)35/h6-11,16,20,23,25H,12-15,17-18H2,1-5H3. The van der Waals surface area contributed by atoms with Gasteiger partial charge in [-0.15, -0.1) is 0 Å². The van der Waals surface area contributed by atoms with Crippen LogP contribution < -0.4 is 4.74 Å². The van der Waals surface area contributed by atoms with Crippen molar-refractivity contribution in [1.82, 2.24) is 14.7 Å². The smallest absolute Gasteiger partial charge is 0.419 e. The highest BCUT2D eigenvalue weighted by Crippen LogP contribution is 2.38. The van der Waals surface area contributed by atoms with Gasteiger partial charge in [0, 0.05) is 55.6 Å². The van der Waals surface area contributed by atoms with E-state index in [2.05, 4.69) is 0 Å². The lowest BCUT2D eigenvalue weighted by Crippen LogP contribution is -2.46. The number of ether oxygens (including phenoxy) is 2. The van der Waals surface area contributed by atoms with Crippen molar-refractivity contribution in [2.75, 3.05) is 40.3 Å². The van der Waals surface area contributed by atoms with Gasteiger partial charge in [0.15, 0.2) is 0 Å². The molecule has 2 aliphatic rings. The average molecular weight is 624 g/mol. The van der Waals surface area contributed by atoms with E-state index in [4.69, 9.17) is 21.1 Å². The van der Waals surface area contributed by atoms with Crippen LogP contribution >= 0.6 is 11.6 Å². The molecule has 2 fully saturated rings. The number of likely N-dealkylation sites (tertiary alicyclic amines) is 2. The molecular weight excluding hydrogens is 587 g/mol. The van der Waals surface area contributed by atoms with Crippen LogP contribution in [0.2, 0.25) is 5.02 Å². The van der Waals surface area contributed by atoms with Gasteiger partial charge < -0.3 is 24.2 Å². The quantitative estimate of drug-likeness (QED) is 0.403. The molecule has 2 aliphatic heterocycles. The van der Waals surface area contributed by atoms with Gasteiger partial charge in [0.05, 0.1) is 18.7 Å². The van der Waals surface area contributed by atoms with E-state index in [0.29, 0.717) is 37.5 Å². The number of benzene rings is 2. The molecule has 12 heteroatoms. The fourth-order valence-corrected chi connectivity index (χ4v) is 5.83. The third-order valence-corrected chi connectivity index (χ3v) is 8.22. The second kappa shape index (κ2) is 12.6. The van der Waals surface area contributed by atoms with Gasteiger partial charge in [-0.1, -0.05) is 23.7 Å². The van der Waals surface area contributed by atoms with Crippen LogP contribution in [0.3, 0.4) is 0 Å². The highest BCUT2D eigenvalue weighted by Gasteiger charge is 2.43. The van der Waals surface area contributed by atoms with Crippen LogP contribution in [-0.4, -0.2) is 84.6 Å². The number of hydrogen-bond donors (Lipinski definition) is 0. The molecule has 2 aromatic rings. The molecule has 2 aromatic carbocycles. The van der Waals surface area contributed by atoms with Crippen molar-refractivity contribution < 1.29 is 37.0 Å². The molecule has 2 unspecified atom stereocenters. The molecule has 43 heavy (non-hydrogen) atoms. The first-order valence-corrected chi connectivity index (χ1v) is 14.5. The largest absolute Gasteiger partial charge is 0.496 e. The molecule has 0 saturated carbocycles. The Balaban J connectivity index is 1.53. The maximum absolute atomic E-state index is 13.7. The van der Waals surface area contributed by atoms with Crippen molar-refractivity contribution in [3.8, 4) is 5.75 Å². The van der Waals surface area contributed by atoms with Crippen molar-refractivity contribution in [3.05, 3.63) is 64.2 Å². The zero-order valence-electron chi connectivity index (χ0n) is 24.9. The number of nitrogens with zero attached hydrogens (tertiary/aromatic N) is 3. The topological polar surface area (TPSA) is 79.4 Å². The van der Waals surface area contributed by atoms with Crippen molar-refractivity contribution in [3.63, 3.8) is 0 Å². The predicted octanol–water partition coefficient (Wildman–Crippen LogP) is 6.08. The van der Waals surface area contributed by atoms with Gasteiger partial charge in [-0.2, -0.15) is 13.2 Å². The first-order valence-electron chi connectivity index (χ1n) is 14.1. The third kappa shape index (κ3) is 7.55. The van der Waals surface area contributed by atoms with Crippen molar-refractivity contribution in [2.24, 2.45) is 5.92 Å². The zero-order chi connectivity index (χ0) is 31.7. The van der Waals surface area contributed by atoms with Crippen molar-refractivity contribution in [1.29, 1.82) is 0 Å². The van der Waals surface area contributed by atoms with Gasteiger partial charge in [0.2, 0.25) is 5.91 Å². The van der Waals surface area contributed by atoms with E-state index in [1.54, 1.807) is 49.8 Å². The zero-order valence-corrected chi connectivity index (χ0v) is 25.7. The summed E-state index contributed by atoms with van der Waals surface area (Å²) in [6.07, 6.45) is -4.16. The maximum Gasteiger partial charge on any atom is 0.419 e. The molecule has 3 amide bonds. The van der Waals surface area contributed by atoms with Gasteiger partial charge in [-0.05, 0) is 69.5 Å². The number of amides is 3. The van der Waals surface area contributed by atoms with Crippen molar-refractivity contribution in [2.45, 2.75) is 57.3 Å². The Kier molecular flexibility index (Phi) is 9.54. The molecule has 0 bridgehead atoms. The summed E-state index contributed by atoms with van der Waals surface area (Å²) in [5.74, 6) is -1.65. The number of carbonyl (C=O) groups excluding carboxylic acids is 3. The Hall–Kier alpha value is -3.47. The summed E-state index contributed by atoms with van der Waals surface area (Å²) in [4.78, 5) is 44.5. The minimum atomic E-state index is -4.71. The molecular formula is C31H37ClF3N3O5. The molecule has 4 rings (SSSR count). The number of carbonyl (C=O) groups is 3. The van der Waals surface area contributed by atoms with Gasteiger partial charge in [-0.3, -0.25) is 9.59 Å². The van der Waals surface area contributed by atoms with E-state index < -0.39 is 35.4 Å². The maximum atomic E-state index is 13.7. The summed E-state index contributed by atoms with van der Waals surface area (Å²) in [7, 11) is 2.68. The fourth-order valence-electron chi connectivity index (χ4n) is 5.71. The van der Waals surface area contributed by atoms with Crippen LogP contribution in [0.1, 0.15) is 61.0 Å². The normalized spacial score (nSPS) is 19.7. The summed E-state index contributed by atoms with van der Waals surface area (Å²) in [6, 6.07) is 9.86. The molecule has 0 N–H and O–H groups in total. The minimum Gasteiger partial charge on any atom is -0.496 e. The van der Waals surface area contributed by atoms with E-state index in [0.717, 1.165) is 24.8 Å². The summed E-state index contributed by atoms with van der Waals surface area (Å²) in [5, 5.41) is 0.533. The monoisotopic (exact) mass is 623 g/mol. The number of piperidine rings is 1. The van der Waals surface area contributed by atoms with E-state index in [-0.39, 0.29) is 35.6 Å².